The molecule has 0 aliphatic heterocycles. The Labute approximate surface area is 128 Å². The number of likely N-dealkylation sites (N-methyl/N-ethyl adjacent to an activating group) is 1. The van der Waals surface area contributed by atoms with Crippen LogP contribution < -0.4 is 0 Å². The van der Waals surface area contributed by atoms with E-state index in [-0.39, 0.29) is 0 Å². The van der Waals surface area contributed by atoms with Crippen molar-refractivity contribution in [2.45, 2.75) is 38.2 Å². The molecule has 2 unspecified atom stereocenters. The molecule has 0 aromatic carbocycles. The lowest BCUT2D eigenvalue weighted by Gasteiger charge is -2.17. The molecule has 4 nitrogen and oxygen atoms in total. The largest absolute Gasteiger partial charge is 0.386 e. The molecule has 0 aliphatic carbocycles. The molecule has 2 atom stereocenters. The molecule has 6 heteroatoms. The van der Waals surface area contributed by atoms with E-state index in [4.69, 9.17) is 0 Å². The molecule has 0 aliphatic rings. The summed E-state index contributed by atoms with van der Waals surface area (Å²) in [4.78, 5) is 2.11. The van der Waals surface area contributed by atoms with E-state index in [9.17, 15) is 5.11 Å². The molecule has 0 bridgehead atoms. The molecule has 0 amide bonds. The standard InChI is InChI=1S/C13H24BrN3OS/c1-5-10(2)19-9-12(18)13-11(14)8-15-17(13)7-6-16(3)4/h8,10,12,18H,5-7,9H2,1-4H3. The number of aromatic nitrogens is 2. The van der Waals surface area contributed by atoms with Gasteiger partial charge in [0.2, 0.25) is 0 Å². The quantitative estimate of drug-likeness (QED) is 0.783. The van der Waals surface area contributed by atoms with Gasteiger partial charge in [-0.1, -0.05) is 13.8 Å². The lowest BCUT2D eigenvalue weighted by atomic mass is 10.3. The van der Waals surface area contributed by atoms with Crippen LogP contribution in [-0.2, 0) is 6.54 Å². The molecule has 0 radical (unpaired) electrons. The van der Waals surface area contributed by atoms with E-state index in [1.807, 2.05) is 18.8 Å². The number of nitrogens with zero attached hydrogens (tertiary/aromatic N) is 3. The Bertz CT molecular complexity index is 384. The minimum atomic E-state index is -0.474. The maximum absolute atomic E-state index is 10.4. The fourth-order valence-electron chi connectivity index (χ4n) is 1.63. The highest BCUT2D eigenvalue weighted by atomic mass is 79.9. The molecule has 1 aromatic rings. The second-order valence-corrected chi connectivity index (χ2v) is 7.30. The summed E-state index contributed by atoms with van der Waals surface area (Å²) in [7, 11) is 4.07. The maximum Gasteiger partial charge on any atom is 0.106 e. The van der Waals surface area contributed by atoms with Crippen LogP contribution in [0.15, 0.2) is 10.7 Å². The highest BCUT2D eigenvalue weighted by Gasteiger charge is 2.18. The van der Waals surface area contributed by atoms with Crippen LogP contribution in [0.4, 0.5) is 0 Å². The normalized spacial score (nSPS) is 14.9. The van der Waals surface area contributed by atoms with Crippen LogP contribution in [0, 0.1) is 0 Å². The van der Waals surface area contributed by atoms with Crippen LogP contribution in [0.3, 0.4) is 0 Å². The third kappa shape index (κ3) is 5.45. The number of rotatable bonds is 8. The van der Waals surface area contributed by atoms with Crippen LogP contribution >= 0.6 is 27.7 Å². The minimum Gasteiger partial charge on any atom is -0.386 e. The second kappa shape index (κ2) is 8.29. The summed E-state index contributed by atoms with van der Waals surface area (Å²) in [6.07, 6.45) is 2.42. The Morgan fingerprint density at radius 3 is 2.79 bits per heavy atom. The van der Waals surface area contributed by atoms with Crippen molar-refractivity contribution in [2.75, 3.05) is 26.4 Å². The third-order valence-corrected chi connectivity index (χ3v) is 5.04. The van der Waals surface area contributed by atoms with E-state index in [2.05, 4.69) is 39.8 Å². The van der Waals surface area contributed by atoms with E-state index >= 15 is 0 Å². The van der Waals surface area contributed by atoms with Crippen molar-refractivity contribution in [1.82, 2.24) is 14.7 Å². The van der Waals surface area contributed by atoms with Gasteiger partial charge in [-0.15, -0.1) is 0 Å². The first-order valence-electron chi connectivity index (χ1n) is 6.61. The van der Waals surface area contributed by atoms with Crippen molar-refractivity contribution in [3.8, 4) is 0 Å². The van der Waals surface area contributed by atoms with Crippen LogP contribution in [0.1, 0.15) is 32.1 Å². The highest BCUT2D eigenvalue weighted by molar-refractivity contribution is 9.10. The van der Waals surface area contributed by atoms with Gasteiger partial charge >= 0.3 is 0 Å². The average Bonchev–Trinajstić information content (AvgIpc) is 2.74. The van der Waals surface area contributed by atoms with Gasteiger partial charge < -0.3 is 10.0 Å². The smallest absolute Gasteiger partial charge is 0.106 e. The van der Waals surface area contributed by atoms with Crippen LogP contribution in [0.25, 0.3) is 0 Å². The summed E-state index contributed by atoms with van der Waals surface area (Å²) in [5.41, 5.74) is 0.887. The first-order chi connectivity index (χ1) is 8.95. The molecule has 1 N–H and O–H groups in total. The molecular formula is C13H24BrN3OS. The van der Waals surface area contributed by atoms with Gasteiger partial charge in [-0.05, 0) is 36.4 Å². The first-order valence-corrected chi connectivity index (χ1v) is 8.45. The summed E-state index contributed by atoms with van der Waals surface area (Å²) in [6.45, 7) is 6.06. The van der Waals surface area contributed by atoms with Gasteiger partial charge in [-0.2, -0.15) is 16.9 Å². The molecule has 0 saturated carbocycles. The van der Waals surface area contributed by atoms with E-state index in [0.717, 1.165) is 29.7 Å². The van der Waals surface area contributed by atoms with Crippen molar-refractivity contribution in [1.29, 1.82) is 0 Å². The zero-order valence-electron chi connectivity index (χ0n) is 12.1. The third-order valence-electron chi connectivity index (χ3n) is 3.02. The van der Waals surface area contributed by atoms with Crippen LogP contribution in [0.2, 0.25) is 0 Å². The number of halogens is 1. The van der Waals surface area contributed by atoms with Crippen molar-refractivity contribution in [3.63, 3.8) is 0 Å². The predicted octanol–water partition coefficient (Wildman–Crippen LogP) is 2.77. The summed E-state index contributed by atoms with van der Waals surface area (Å²) < 4.78 is 2.79. The molecule has 1 rings (SSSR count). The van der Waals surface area contributed by atoms with Crippen molar-refractivity contribution < 1.29 is 5.11 Å². The fraction of sp³-hybridized carbons (Fsp3) is 0.769. The Kier molecular flexibility index (Phi) is 7.42. The van der Waals surface area contributed by atoms with Crippen LogP contribution in [-0.4, -0.2) is 51.4 Å². The number of aliphatic hydroxyl groups excluding tert-OH is 1. The molecule has 110 valence electrons. The average molecular weight is 350 g/mol. The van der Waals surface area contributed by atoms with Gasteiger partial charge in [0, 0.05) is 17.5 Å². The van der Waals surface area contributed by atoms with Crippen LogP contribution in [0.5, 0.6) is 0 Å². The molecule has 1 heterocycles. The number of aliphatic hydroxyl groups is 1. The topological polar surface area (TPSA) is 41.3 Å². The van der Waals surface area contributed by atoms with Crippen molar-refractivity contribution >= 4 is 27.7 Å². The summed E-state index contributed by atoms with van der Waals surface area (Å²) in [5.74, 6) is 0.710. The monoisotopic (exact) mass is 349 g/mol. The minimum absolute atomic E-state index is 0.474. The zero-order valence-corrected chi connectivity index (χ0v) is 14.5. The Balaban J connectivity index is 2.66. The predicted molar refractivity (Wildman–Crippen MR) is 85.7 cm³/mol. The molecule has 0 fully saturated rings. The number of thioether (sulfide) groups is 1. The summed E-state index contributed by atoms with van der Waals surface area (Å²) in [6, 6.07) is 0. The summed E-state index contributed by atoms with van der Waals surface area (Å²) in [5, 5.41) is 15.3. The Morgan fingerprint density at radius 1 is 1.53 bits per heavy atom. The maximum atomic E-state index is 10.4. The molecule has 0 saturated heterocycles. The lowest BCUT2D eigenvalue weighted by molar-refractivity contribution is 0.189. The van der Waals surface area contributed by atoms with E-state index in [1.165, 1.54) is 0 Å². The van der Waals surface area contributed by atoms with Crippen molar-refractivity contribution in [3.05, 3.63) is 16.4 Å². The SMILES string of the molecule is CCC(C)SCC(O)c1c(Br)cnn1CCN(C)C. The van der Waals surface area contributed by atoms with Gasteiger partial charge in [0.05, 0.1) is 22.9 Å². The number of hydrogen-bond donors (Lipinski definition) is 1. The van der Waals surface area contributed by atoms with Gasteiger partial charge in [-0.25, -0.2) is 0 Å². The van der Waals surface area contributed by atoms with E-state index in [0.29, 0.717) is 11.0 Å². The molecule has 19 heavy (non-hydrogen) atoms. The zero-order chi connectivity index (χ0) is 14.4. The van der Waals surface area contributed by atoms with E-state index in [1.54, 1.807) is 18.0 Å². The Morgan fingerprint density at radius 2 is 2.21 bits per heavy atom. The molecule has 0 spiro atoms. The number of hydrogen-bond acceptors (Lipinski definition) is 4. The first kappa shape index (κ1) is 17.0. The fourth-order valence-corrected chi connectivity index (χ4v) is 3.09. The van der Waals surface area contributed by atoms with Gasteiger partial charge in [-0.3, -0.25) is 4.68 Å². The van der Waals surface area contributed by atoms with Gasteiger partial charge in [0.25, 0.3) is 0 Å². The van der Waals surface area contributed by atoms with Gasteiger partial charge in [0.1, 0.15) is 6.10 Å². The summed E-state index contributed by atoms with van der Waals surface area (Å²) >= 11 is 5.28. The Hall–Kier alpha value is -0.0400. The lowest BCUT2D eigenvalue weighted by Crippen LogP contribution is -2.21. The van der Waals surface area contributed by atoms with Gasteiger partial charge in [0.15, 0.2) is 0 Å². The highest BCUT2D eigenvalue weighted by Crippen LogP contribution is 2.27. The van der Waals surface area contributed by atoms with Crippen molar-refractivity contribution in [2.24, 2.45) is 0 Å². The molecular weight excluding hydrogens is 326 g/mol. The molecule has 1 aromatic heterocycles. The van der Waals surface area contributed by atoms with E-state index < -0.39 is 6.10 Å². The second-order valence-electron chi connectivity index (χ2n) is 4.97.